The second-order valence-corrected chi connectivity index (χ2v) is 0. The minimum absolute atomic E-state index is 0. The van der Waals surface area contributed by atoms with Crippen LogP contribution < -0.4 is 0 Å². The summed E-state index contributed by atoms with van der Waals surface area (Å²) in [5.74, 6) is 0. The molecule has 6 heavy (non-hydrogen) atoms. The third kappa shape index (κ3) is 24.2. The van der Waals surface area contributed by atoms with Gasteiger partial charge in [-0.05, 0) is 0 Å². The van der Waals surface area contributed by atoms with E-state index in [1.54, 1.807) is 0 Å². The molecule has 0 aromatic carbocycles. The Labute approximate surface area is 127 Å². The van der Waals surface area contributed by atoms with Crippen LogP contribution in [0.3, 0.4) is 0 Å². The van der Waals surface area contributed by atoms with Gasteiger partial charge in [-0.25, -0.2) is 0 Å². The summed E-state index contributed by atoms with van der Waals surface area (Å²) >= 11 is 0. The van der Waals surface area contributed by atoms with E-state index in [1.165, 1.54) is 0 Å². The van der Waals surface area contributed by atoms with Crippen LogP contribution in [-0.2, 0) is 0 Å². The van der Waals surface area contributed by atoms with Crippen LogP contribution in [0.5, 0.6) is 0 Å². The van der Waals surface area contributed by atoms with Crippen molar-refractivity contribution in [2.45, 2.75) is 0 Å². The van der Waals surface area contributed by atoms with Crippen LogP contribution in [0.25, 0.3) is 0 Å². The predicted octanol–water partition coefficient (Wildman–Crippen LogP) is -6.57. The second-order valence-electron chi connectivity index (χ2n) is 0. The molecule has 0 radical (unpaired) electrons. The smallest absolute Gasteiger partial charge is 0.0398 e. The molecule has 0 atom stereocenters. The Hall–Kier alpha value is 4.16. The van der Waals surface area contributed by atoms with Crippen LogP contribution in [-0.4, -0.2) is 130 Å². The van der Waals surface area contributed by atoms with Crippen LogP contribution in [0.4, 0.5) is 0 Å². The van der Waals surface area contributed by atoms with Crippen molar-refractivity contribution in [3.8, 4) is 0 Å². The van der Waals surface area contributed by atoms with Crippen molar-refractivity contribution in [1.82, 2.24) is 0 Å². The molecule has 0 fully saturated rings. The van der Waals surface area contributed by atoms with E-state index in [4.69, 9.17) is 0 Å². The number of hydrogen-bond donors (Lipinski definition) is 0. The van der Waals surface area contributed by atoms with Gasteiger partial charge in [0, 0.05) is 69.4 Å². The maximum atomic E-state index is 0. The van der Waals surface area contributed by atoms with Crippen molar-refractivity contribution in [2.75, 3.05) is 0 Å². The Kier molecular flexibility index (Phi) is 290. The molecule has 0 aliphatic rings. The van der Waals surface area contributed by atoms with E-state index >= 15 is 0 Å². The summed E-state index contributed by atoms with van der Waals surface area (Å²) in [4.78, 5) is 0. The van der Waals surface area contributed by atoms with Gasteiger partial charge in [0.2, 0.25) is 0 Å². The van der Waals surface area contributed by atoms with Crippen molar-refractivity contribution >= 4 is 130 Å². The summed E-state index contributed by atoms with van der Waals surface area (Å²) in [5, 5.41) is 0. The van der Waals surface area contributed by atoms with E-state index in [9.17, 15) is 0 Å². The third-order valence-electron chi connectivity index (χ3n) is 0. The normalized spacial score (nSPS) is 0. The van der Waals surface area contributed by atoms with Crippen LogP contribution in [0.2, 0.25) is 0 Å². The van der Waals surface area contributed by atoms with Gasteiger partial charge in [-0.1, -0.05) is 0 Å². The van der Waals surface area contributed by atoms with Gasteiger partial charge in [-0.2, -0.15) is 0 Å². The van der Waals surface area contributed by atoms with E-state index in [0.29, 0.717) is 0 Å². The summed E-state index contributed by atoms with van der Waals surface area (Å²) in [6.07, 6.45) is 0. The molecule has 0 aliphatic carbocycles. The molecule has 0 aromatic rings. The number of hydrogen-bond acceptors (Lipinski definition) is 0. The van der Waals surface area contributed by atoms with Crippen molar-refractivity contribution in [3.63, 3.8) is 0 Å². The van der Waals surface area contributed by atoms with Crippen LogP contribution in [0.15, 0.2) is 0 Å². The molecular formula is H16Al4CaMg. The zero-order chi connectivity index (χ0) is 0. The molecule has 6 heteroatoms. The van der Waals surface area contributed by atoms with Gasteiger partial charge in [-0.15, -0.1) is 0 Å². The molecule has 0 aliphatic heterocycles. The largest absolute Gasteiger partial charge is 2.00 e. The summed E-state index contributed by atoms with van der Waals surface area (Å²) < 4.78 is 0. The fraction of sp³-hybridized carbons (Fsp3) is 0. The van der Waals surface area contributed by atoms with Crippen LogP contribution in [0, 0.1) is 0 Å². The molecule has 0 nitrogen and oxygen atoms in total. The molecule has 0 bridgehead atoms. The average molecular weight is 188 g/mol. The van der Waals surface area contributed by atoms with Gasteiger partial charge in [-0.3, -0.25) is 0 Å². The topological polar surface area (TPSA) is 0 Å². The Morgan fingerprint density at radius 3 is 0.500 bits per heavy atom. The molecule has 32 valence electrons. The molecule has 0 aromatic heterocycles. The minimum atomic E-state index is 0. The van der Waals surface area contributed by atoms with Gasteiger partial charge in [0.1, 0.15) is 0 Å². The minimum Gasteiger partial charge on any atom is 0.0398 e. The fourth-order valence-corrected chi connectivity index (χ4v) is 0. The van der Waals surface area contributed by atoms with Crippen molar-refractivity contribution in [3.05, 3.63) is 0 Å². The first-order valence-electron chi connectivity index (χ1n) is 0. The van der Waals surface area contributed by atoms with Crippen LogP contribution >= 0.6 is 0 Å². The third-order valence-corrected chi connectivity index (χ3v) is 0. The maximum Gasteiger partial charge on any atom is 2.00 e. The summed E-state index contributed by atoms with van der Waals surface area (Å²) in [5.41, 5.74) is 0. The number of rotatable bonds is 0. The average Bonchev–Trinajstić information content (AvgIpc) is 0. The monoisotopic (exact) mass is 188 g/mol. The molecule has 0 unspecified atom stereocenters. The Morgan fingerprint density at radius 2 is 0.500 bits per heavy atom. The van der Waals surface area contributed by atoms with Gasteiger partial charge in [0.25, 0.3) is 0 Å². The molecule has 0 saturated heterocycles. The zero-order valence-electron chi connectivity index (χ0n) is 1.41. The van der Waals surface area contributed by atoms with Gasteiger partial charge in [0.05, 0.1) is 0 Å². The van der Waals surface area contributed by atoms with Gasteiger partial charge < -0.3 is 0 Å². The van der Waals surface area contributed by atoms with Crippen molar-refractivity contribution < 1.29 is 0 Å². The first kappa shape index (κ1) is 49.3. The molecule has 0 spiro atoms. The van der Waals surface area contributed by atoms with Crippen molar-refractivity contribution in [1.29, 1.82) is 0 Å². The fourth-order valence-electron chi connectivity index (χ4n) is 0. The van der Waals surface area contributed by atoms with Crippen molar-refractivity contribution in [2.24, 2.45) is 0 Å². The molecule has 0 amide bonds. The molecule has 0 N–H and O–H groups in total. The Morgan fingerprint density at radius 1 is 0.500 bits per heavy atom. The van der Waals surface area contributed by atoms with E-state index in [0.717, 1.165) is 0 Å². The molecule has 0 saturated carbocycles. The maximum absolute atomic E-state index is 0. The van der Waals surface area contributed by atoms with E-state index in [-0.39, 0.29) is 130 Å². The Balaban J connectivity index is 0. The van der Waals surface area contributed by atoms with E-state index in [1.807, 2.05) is 0 Å². The zero-order valence-corrected chi connectivity index (χ0v) is 5.04. The predicted molar refractivity (Wildman–Crippen MR) is 56.8 cm³/mol. The first-order chi connectivity index (χ1) is 0. The molecular weight excluding hydrogens is 172 g/mol. The Bertz CT molecular complexity index is 7.51. The van der Waals surface area contributed by atoms with Gasteiger partial charge in [0.15, 0.2) is 0 Å². The quantitative estimate of drug-likeness (QED) is 0.332. The summed E-state index contributed by atoms with van der Waals surface area (Å²) in [7, 11) is 0. The summed E-state index contributed by atoms with van der Waals surface area (Å²) in [6.45, 7) is 0. The summed E-state index contributed by atoms with van der Waals surface area (Å²) in [6, 6.07) is 0. The van der Waals surface area contributed by atoms with E-state index < -0.39 is 0 Å². The van der Waals surface area contributed by atoms with Crippen LogP contribution in [0.1, 0.15) is 0 Å². The standard InChI is InChI=1S/4Al.Ca.Mg.16H/q4*-1;2*+2;;;;;;;;;;;;;;;;. The van der Waals surface area contributed by atoms with Gasteiger partial charge >= 0.3 is 60.8 Å². The second kappa shape index (κ2) is 35.3. The van der Waals surface area contributed by atoms with E-state index in [2.05, 4.69) is 0 Å². The SMILES string of the molecule is [AlH4-].[AlH4-].[AlH4-].[AlH4-].[Ca+2].[Mg+2]. The molecule has 0 heterocycles. The molecule has 0 rings (SSSR count). The first-order valence-corrected chi connectivity index (χ1v) is 0.